The summed E-state index contributed by atoms with van der Waals surface area (Å²) >= 11 is 0. The monoisotopic (exact) mass is 301 g/mol. The zero-order valence-electron chi connectivity index (χ0n) is 13.0. The summed E-state index contributed by atoms with van der Waals surface area (Å²) in [7, 11) is 1.64. The number of imide groups is 1. The Morgan fingerprint density at radius 2 is 1.82 bits per heavy atom. The van der Waals surface area contributed by atoms with Crippen LogP contribution in [-0.4, -0.2) is 37.0 Å². The first-order valence-corrected chi connectivity index (χ1v) is 8.11. The van der Waals surface area contributed by atoms with Crippen molar-refractivity contribution in [3.8, 4) is 0 Å². The third-order valence-corrected chi connectivity index (χ3v) is 5.02. The van der Waals surface area contributed by atoms with Crippen molar-refractivity contribution >= 4 is 11.8 Å². The van der Waals surface area contributed by atoms with Gasteiger partial charge in [0.2, 0.25) is 11.8 Å². The Labute approximate surface area is 131 Å². The molecule has 3 atom stereocenters. The van der Waals surface area contributed by atoms with Gasteiger partial charge in [-0.05, 0) is 37.2 Å². The van der Waals surface area contributed by atoms with Crippen LogP contribution >= 0.6 is 0 Å². The maximum absolute atomic E-state index is 12.6. The van der Waals surface area contributed by atoms with Gasteiger partial charge in [-0.15, -0.1) is 0 Å². The predicted octanol–water partition coefficient (Wildman–Crippen LogP) is 2.59. The van der Waals surface area contributed by atoms with Gasteiger partial charge in [0.1, 0.15) is 0 Å². The Hall–Kier alpha value is -1.68. The first-order chi connectivity index (χ1) is 10.7. The van der Waals surface area contributed by atoms with Crippen LogP contribution in [0.5, 0.6) is 0 Å². The smallest absolute Gasteiger partial charge is 0.233 e. The Kier molecular flexibility index (Phi) is 4.57. The van der Waals surface area contributed by atoms with E-state index >= 15 is 0 Å². The minimum absolute atomic E-state index is 0.0340. The molecule has 118 valence electrons. The Balaban J connectivity index is 1.69. The average Bonchev–Trinajstić information content (AvgIpc) is 2.80. The molecule has 22 heavy (non-hydrogen) atoms. The van der Waals surface area contributed by atoms with Crippen LogP contribution in [0.3, 0.4) is 0 Å². The highest BCUT2D eigenvalue weighted by atomic mass is 16.5. The lowest BCUT2D eigenvalue weighted by Crippen LogP contribution is -2.32. The summed E-state index contributed by atoms with van der Waals surface area (Å²) in [4.78, 5) is 26.5. The molecule has 1 aliphatic carbocycles. The largest absolute Gasteiger partial charge is 0.385 e. The number of rotatable bonds is 5. The van der Waals surface area contributed by atoms with Gasteiger partial charge in [0.05, 0.1) is 11.8 Å². The van der Waals surface area contributed by atoms with Gasteiger partial charge in [0.25, 0.3) is 0 Å². The zero-order chi connectivity index (χ0) is 15.5. The summed E-state index contributed by atoms with van der Waals surface area (Å²) in [6.07, 6.45) is 3.35. The van der Waals surface area contributed by atoms with Crippen molar-refractivity contribution in [2.75, 3.05) is 20.3 Å². The summed E-state index contributed by atoms with van der Waals surface area (Å²) in [5.74, 6) is 0.270. The molecule has 1 aliphatic heterocycles. The third kappa shape index (κ3) is 2.80. The van der Waals surface area contributed by atoms with Gasteiger partial charge in [-0.25, -0.2) is 0 Å². The molecular weight excluding hydrogens is 278 g/mol. The molecular formula is C18H23NO3. The number of amides is 2. The van der Waals surface area contributed by atoms with Crippen LogP contribution in [0.15, 0.2) is 30.3 Å². The molecule has 4 heteroatoms. The van der Waals surface area contributed by atoms with E-state index < -0.39 is 0 Å². The summed E-state index contributed by atoms with van der Waals surface area (Å²) in [5, 5.41) is 0. The average molecular weight is 301 g/mol. The van der Waals surface area contributed by atoms with Gasteiger partial charge in [-0.3, -0.25) is 14.5 Å². The number of hydrogen-bond acceptors (Lipinski definition) is 3. The van der Waals surface area contributed by atoms with Crippen LogP contribution in [0.4, 0.5) is 0 Å². The highest BCUT2D eigenvalue weighted by Crippen LogP contribution is 2.44. The summed E-state index contributed by atoms with van der Waals surface area (Å²) in [5.41, 5.74) is 1.29. The molecule has 4 nitrogen and oxygen atoms in total. The zero-order valence-corrected chi connectivity index (χ0v) is 13.0. The van der Waals surface area contributed by atoms with Crippen LogP contribution in [0.1, 0.15) is 37.2 Å². The summed E-state index contributed by atoms with van der Waals surface area (Å²) in [6.45, 7) is 1.08. The minimum atomic E-state index is -0.117. The second-order valence-electron chi connectivity index (χ2n) is 6.31. The fraction of sp³-hybridized carbons (Fsp3) is 0.556. The number of ether oxygens (including phenoxy) is 1. The van der Waals surface area contributed by atoms with Crippen molar-refractivity contribution in [1.29, 1.82) is 0 Å². The van der Waals surface area contributed by atoms with Gasteiger partial charge in [0, 0.05) is 20.3 Å². The number of fused-ring (bicyclic) bond motifs is 1. The lowest BCUT2D eigenvalue weighted by molar-refractivity contribution is -0.140. The van der Waals surface area contributed by atoms with Crippen LogP contribution in [0.2, 0.25) is 0 Å². The Morgan fingerprint density at radius 3 is 2.55 bits per heavy atom. The number of benzene rings is 1. The van der Waals surface area contributed by atoms with E-state index in [1.165, 1.54) is 10.5 Å². The Morgan fingerprint density at radius 1 is 1.09 bits per heavy atom. The molecule has 2 amide bonds. The molecule has 1 saturated carbocycles. The molecule has 1 heterocycles. The minimum Gasteiger partial charge on any atom is -0.385 e. The van der Waals surface area contributed by atoms with Crippen LogP contribution in [-0.2, 0) is 14.3 Å². The van der Waals surface area contributed by atoms with Crippen molar-refractivity contribution in [1.82, 2.24) is 4.90 Å². The molecule has 1 saturated heterocycles. The molecule has 0 N–H and O–H groups in total. The van der Waals surface area contributed by atoms with E-state index in [2.05, 4.69) is 12.1 Å². The lowest BCUT2D eigenvalue weighted by atomic mass is 9.73. The highest BCUT2D eigenvalue weighted by molar-refractivity contribution is 6.05. The number of nitrogens with zero attached hydrogens (tertiary/aromatic N) is 1. The number of carbonyl (C=O) groups is 2. The van der Waals surface area contributed by atoms with Crippen LogP contribution in [0, 0.1) is 11.8 Å². The van der Waals surface area contributed by atoms with Gasteiger partial charge in [-0.1, -0.05) is 30.3 Å². The fourth-order valence-electron chi connectivity index (χ4n) is 3.86. The number of methoxy groups -OCH3 is 1. The first-order valence-electron chi connectivity index (χ1n) is 8.11. The highest BCUT2D eigenvalue weighted by Gasteiger charge is 2.49. The molecule has 0 spiro atoms. The lowest BCUT2D eigenvalue weighted by Gasteiger charge is -2.28. The van der Waals surface area contributed by atoms with Crippen LogP contribution < -0.4 is 0 Å². The predicted molar refractivity (Wildman–Crippen MR) is 83.2 cm³/mol. The molecule has 1 aromatic carbocycles. The maximum Gasteiger partial charge on any atom is 0.233 e. The molecule has 3 unspecified atom stereocenters. The van der Waals surface area contributed by atoms with Gasteiger partial charge >= 0.3 is 0 Å². The van der Waals surface area contributed by atoms with Crippen molar-refractivity contribution in [2.24, 2.45) is 11.8 Å². The van der Waals surface area contributed by atoms with Crippen molar-refractivity contribution in [3.05, 3.63) is 35.9 Å². The fourth-order valence-corrected chi connectivity index (χ4v) is 3.86. The van der Waals surface area contributed by atoms with Crippen molar-refractivity contribution in [3.63, 3.8) is 0 Å². The second-order valence-corrected chi connectivity index (χ2v) is 6.31. The molecule has 0 bridgehead atoms. The molecule has 0 aromatic heterocycles. The van der Waals surface area contributed by atoms with E-state index in [0.29, 0.717) is 19.1 Å². The van der Waals surface area contributed by atoms with E-state index in [1.807, 2.05) is 18.2 Å². The molecule has 2 fully saturated rings. The number of likely N-dealkylation sites (tertiary alicyclic amines) is 1. The second kappa shape index (κ2) is 6.61. The van der Waals surface area contributed by atoms with E-state index in [0.717, 1.165) is 25.7 Å². The van der Waals surface area contributed by atoms with Gasteiger partial charge in [-0.2, -0.15) is 0 Å². The first kappa shape index (κ1) is 15.2. The SMILES string of the molecule is COCCCN1C(=O)C2CCC(c3ccccc3)CC2C1=O. The van der Waals surface area contributed by atoms with E-state index in [4.69, 9.17) is 4.74 Å². The van der Waals surface area contributed by atoms with Crippen LogP contribution in [0.25, 0.3) is 0 Å². The van der Waals surface area contributed by atoms with E-state index in [9.17, 15) is 9.59 Å². The van der Waals surface area contributed by atoms with E-state index in [-0.39, 0.29) is 23.7 Å². The Bertz CT molecular complexity index is 543. The molecule has 0 radical (unpaired) electrons. The topological polar surface area (TPSA) is 46.6 Å². The third-order valence-electron chi connectivity index (χ3n) is 5.02. The summed E-state index contributed by atoms with van der Waals surface area (Å²) in [6, 6.07) is 10.3. The van der Waals surface area contributed by atoms with Gasteiger partial charge in [0.15, 0.2) is 0 Å². The standard InChI is InChI=1S/C18H23NO3/c1-22-11-5-10-19-17(20)15-9-8-14(12-16(15)18(19)21)13-6-3-2-4-7-13/h2-4,6-7,14-16H,5,8-12H2,1H3. The van der Waals surface area contributed by atoms with Gasteiger partial charge < -0.3 is 4.74 Å². The normalized spacial score (nSPS) is 28.0. The quantitative estimate of drug-likeness (QED) is 0.620. The number of carbonyl (C=O) groups excluding carboxylic acids is 2. The van der Waals surface area contributed by atoms with E-state index in [1.54, 1.807) is 7.11 Å². The molecule has 3 rings (SSSR count). The summed E-state index contributed by atoms with van der Waals surface area (Å²) < 4.78 is 5.02. The van der Waals surface area contributed by atoms with Crippen molar-refractivity contribution in [2.45, 2.75) is 31.6 Å². The van der Waals surface area contributed by atoms with Crippen molar-refractivity contribution < 1.29 is 14.3 Å². The molecule has 2 aliphatic rings. The molecule has 1 aromatic rings. The maximum atomic E-state index is 12.6. The number of hydrogen-bond donors (Lipinski definition) is 0.